The molecule has 0 spiro atoms. The second-order valence-electron chi connectivity index (χ2n) is 13.4. The number of aromatic nitrogens is 1. The predicted octanol–water partition coefficient (Wildman–Crippen LogP) is 7.09. The van der Waals surface area contributed by atoms with Crippen LogP contribution >= 0.6 is 11.3 Å². The fraction of sp³-hybridized carbons (Fsp3) is 0.286. The lowest BCUT2D eigenvalue weighted by Gasteiger charge is -2.25. The molecule has 0 bridgehead atoms. The Morgan fingerprint density at radius 1 is 0.868 bits per heavy atom. The van der Waals surface area contributed by atoms with Crippen molar-refractivity contribution in [3.8, 4) is 0 Å². The Morgan fingerprint density at radius 2 is 1.57 bits per heavy atom. The van der Waals surface area contributed by atoms with Crippen molar-refractivity contribution in [2.45, 2.75) is 65.0 Å². The fourth-order valence-corrected chi connectivity index (χ4v) is 6.60. The number of aliphatic hydroxyl groups excluding tert-OH is 1. The van der Waals surface area contributed by atoms with E-state index < -0.39 is 24.1 Å². The van der Waals surface area contributed by atoms with E-state index >= 15 is 0 Å². The van der Waals surface area contributed by atoms with Gasteiger partial charge in [-0.3, -0.25) is 14.9 Å². The molecule has 0 saturated heterocycles. The molecule has 3 amide bonds. The minimum atomic E-state index is -0.948. The van der Waals surface area contributed by atoms with Gasteiger partial charge in [-0.1, -0.05) is 86.6 Å². The number of aliphatic hydroxyl groups is 1. The molecule has 0 aliphatic rings. The number of hydrogen-bond donors (Lipinski definition) is 4. The maximum atomic E-state index is 13.6. The smallest absolute Gasteiger partial charge is 0.411 e. The van der Waals surface area contributed by atoms with Crippen molar-refractivity contribution in [2.24, 2.45) is 0 Å². The summed E-state index contributed by atoms with van der Waals surface area (Å²) in [6, 6.07) is 31.0. The average molecular weight is 734 g/mol. The van der Waals surface area contributed by atoms with Crippen LogP contribution in [0.1, 0.15) is 73.4 Å². The lowest BCUT2D eigenvalue weighted by Crippen LogP contribution is -2.48. The zero-order chi connectivity index (χ0) is 37.7. The molecule has 4 aromatic carbocycles. The van der Waals surface area contributed by atoms with Gasteiger partial charge in [-0.25, -0.2) is 9.78 Å². The molecular formula is C42H47N5O5S. The van der Waals surface area contributed by atoms with Crippen molar-refractivity contribution in [1.29, 1.82) is 0 Å². The van der Waals surface area contributed by atoms with Gasteiger partial charge >= 0.3 is 6.09 Å². The standard InChI is InChI=1S/C42H47N5O5S/c1-28(2)35-18-32(19-36(22-35)45-42(51)52-26-31-14-9-6-10-15-31)23-43-24-38(48)37(20-30-12-7-5-8-13-30)46-40(49)33-16-11-17-34(21-33)41(50)47(4)25-39-44-29(3)27-53-39/h5-19,21-22,27-28,37-38,43,48H,20,23-26H2,1-4H3,(H,45,51)(H,46,49). The molecule has 1 heterocycles. The van der Waals surface area contributed by atoms with Crippen molar-refractivity contribution >= 4 is 34.9 Å². The molecule has 11 heteroatoms. The Labute approximate surface area is 315 Å². The molecular weight excluding hydrogens is 687 g/mol. The number of nitrogens with one attached hydrogen (secondary N) is 3. The average Bonchev–Trinajstić information content (AvgIpc) is 3.57. The number of anilines is 1. The van der Waals surface area contributed by atoms with E-state index in [0.29, 0.717) is 36.3 Å². The van der Waals surface area contributed by atoms with E-state index in [2.05, 4.69) is 40.8 Å². The van der Waals surface area contributed by atoms with Crippen molar-refractivity contribution in [1.82, 2.24) is 20.5 Å². The van der Waals surface area contributed by atoms with Gasteiger partial charge in [0.1, 0.15) is 11.6 Å². The zero-order valence-corrected chi connectivity index (χ0v) is 31.4. The number of aryl methyl sites for hydroxylation is 1. The summed E-state index contributed by atoms with van der Waals surface area (Å²) >= 11 is 1.50. The summed E-state index contributed by atoms with van der Waals surface area (Å²) in [4.78, 5) is 45.5. The Balaban J connectivity index is 1.22. The predicted molar refractivity (Wildman–Crippen MR) is 209 cm³/mol. The van der Waals surface area contributed by atoms with Gasteiger partial charge in [0.05, 0.1) is 18.7 Å². The van der Waals surface area contributed by atoms with Crippen LogP contribution in [-0.4, -0.2) is 58.6 Å². The molecule has 0 saturated carbocycles. The number of hydrogen-bond acceptors (Lipinski definition) is 8. The molecule has 0 aliphatic carbocycles. The second kappa shape index (κ2) is 18.9. The van der Waals surface area contributed by atoms with Gasteiger partial charge in [0.25, 0.3) is 11.8 Å². The molecule has 0 fully saturated rings. The fourth-order valence-electron chi connectivity index (χ4n) is 5.78. The normalized spacial score (nSPS) is 12.2. The first-order chi connectivity index (χ1) is 25.5. The van der Waals surface area contributed by atoms with E-state index in [-0.39, 0.29) is 25.0 Å². The third-order valence-corrected chi connectivity index (χ3v) is 9.61. The Hall–Kier alpha value is -5.36. The minimum Gasteiger partial charge on any atom is -0.444 e. The number of nitrogens with zero attached hydrogens (tertiary/aromatic N) is 2. The molecule has 276 valence electrons. The van der Waals surface area contributed by atoms with Gasteiger partial charge in [0, 0.05) is 48.0 Å². The number of benzene rings is 4. The number of thiazole rings is 1. The highest BCUT2D eigenvalue weighted by molar-refractivity contribution is 7.09. The first kappa shape index (κ1) is 38.9. The topological polar surface area (TPSA) is 133 Å². The summed E-state index contributed by atoms with van der Waals surface area (Å²) in [5.41, 5.74) is 6.05. The lowest BCUT2D eigenvalue weighted by molar-refractivity contribution is 0.0784. The minimum absolute atomic E-state index is 0.165. The van der Waals surface area contributed by atoms with Crippen LogP contribution in [0.15, 0.2) is 109 Å². The highest BCUT2D eigenvalue weighted by atomic mass is 32.1. The van der Waals surface area contributed by atoms with Crippen LogP contribution in [0.25, 0.3) is 0 Å². The Morgan fingerprint density at radius 3 is 2.25 bits per heavy atom. The highest BCUT2D eigenvalue weighted by Gasteiger charge is 2.24. The summed E-state index contributed by atoms with van der Waals surface area (Å²) < 4.78 is 5.42. The first-order valence-corrected chi connectivity index (χ1v) is 18.5. The van der Waals surface area contributed by atoms with Gasteiger partial charge in [-0.05, 0) is 71.8 Å². The Kier molecular flexibility index (Phi) is 13.9. The number of carbonyl (C=O) groups is 3. The van der Waals surface area contributed by atoms with Crippen LogP contribution in [0, 0.1) is 6.92 Å². The van der Waals surface area contributed by atoms with E-state index in [1.807, 2.05) is 85.1 Å². The van der Waals surface area contributed by atoms with Gasteiger partial charge < -0.3 is 25.4 Å². The SMILES string of the molecule is Cc1csc(CN(C)C(=O)c2cccc(C(=O)NC(Cc3ccccc3)C(O)CNCc3cc(NC(=O)OCc4ccccc4)cc(C(C)C)c3)c2)n1. The number of carbonyl (C=O) groups excluding carboxylic acids is 3. The van der Waals surface area contributed by atoms with E-state index in [4.69, 9.17) is 4.74 Å². The van der Waals surface area contributed by atoms with E-state index in [0.717, 1.165) is 33.0 Å². The third-order valence-electron chi connectivity index (χ3n) is 8.66. The van der Waals surface area contributed by atoms with Crippen LogP contribution in [-0.2, 0) is 30.9 Å². The largest absolute Gasteiger partial charge is 0.444 e. The van der Waals surface area contributed by atoms with E-state index in [1.54, 1.807) is 36.2 Å². The zero-order valence-electron chi connectivity index (χ0n) is 30.5. The van der Waals surface area contributed by atoms with Gasteiger partial charge in [0.15, 0.2) is 0 Å². The Bertz CT molecular complexity index is 1970. The number of rotatable bonds is 16. The van der Waals surface area contributed by atoms with Crippen molar-refractivity contribution in [3.63, 3.8) is 0 Å². The molecule has 2 unspecified atom stereocenters. The van der Waals surface area contributed by atoms with Crippen molar-refractivity contribution in [2.75, 3.05) is 18.9 Å². The molecule has 0 radical (unpaired) electrons. The third kappa shape index (κ3) is 11.8. The second-order valence-corrected chi connectivity index (χ2v) is 14.3. The van der Waals surface area contributed by atoms with Gasteiger partial charge in [0.2, 0.25) is 0 Å². The highest BCUT2D eigenvalue weighted by Crippen LogP contribution is 2.22. The molecule has 5 aromatic rings. The van der Waals surface area contributed by atoms with E-state index in [9.17, 15) is 19.5 Å². The van der Waals surface area contributed by atoms with Crippen molar-refractivity contribution < 1.29 is 24.2 Å². The maximum Gasteiger partial charge on any atom is 0.411 e. The van der Waals surface area contributed by atoms with Crippen LogP contribution in [0.3, 0.4) is 0 Å². The molecule has 53 heavy (non-hydrogen) atoms. The van der Waals surface area contributed by atoms with Crippen LogP contribution in [0.4, 0.5) is 10.5 Å². The quantitative estimate of drug-likeness (QED) is 0.0852. The maximum absolute atomic E-state index is 13.6. The summed E-state index contributed by atoms with van der Waals surface area (Å²) in [6.07, 6.45) is -1.10. The summed E-state index contributed by atoms with van der Waals surface area (Å²) in [5, 5.41) is 23.4. The first-order valence-electron chi connectivity index (χ1n) is 17.7. The van der Waals surface area contributed by atoms with Gasteiger partial charge in [-0.2, -0.15) is 0 Å². The van der Waals surface area contributed by atoms with Crippen LogP contribution in [0.5, 0.6) is 0 Å². The monoisotopic (exact) mass is 733 g/mol. The summed E-state index contributed by atoms with van der Waals surface area (Å²) in [7, 11) is 1.71. The molecule has 0 aliphatic heterocycles. The molecule has 1 aromatic heterocycles. The molecule has 10 nitrogen and oxygen atoms in total. The van der Waals surface area contributed by atoms with E-state index in [1.165, 1.54) is 11.3 Å². The van der Waals surface area contributed by atoms with Crippen LogP contribution < -0.4 is 16.0 Å². The van der Waals surface area contributed by atoms with Gasteiger partial charge in [-0.15, -0.1) is 11.3 Å². The molecule has 2 atom stereocenters. The molecule has 4 N–H and O–H groups in total. The molecule has 5 rings (SSSR count). The lowest BCUT2D eigenvalue weighted by atomic mass is 9.99. The number of ether oxygens (including phenoxy) is 1. The number of amides is 3. The van der Waals surface area contributed by atoms with Crippen molar-refractivity contribution in [3.05, 3.63) is 153 Å². The summed E-state index contributed by atoms with van der Waals surface area (Å²) in [6.45, 7) is 7.21. The summed E-state index contributed by atoms with van der Waals surface area (Å²) in [5.74, 6) is -0.401. The van der Waals surface area contributed by atoms with Crippen LogP contribution in [0.2, 0.25) is 0 Å².